The molecule has 0 aliphatic carbocycles. The molecule has 0 aromatic carbocycles. The van der Waals surface area contributed by atoms with Crippen molar-refractivity contribution < 1.29 is 0 Å². The molecule has 0 rings (SSSR count). The molecule has 0 radical (unpaired) electrons. The molecule has 0 saturated heterocycles. The maximum atomic E-state index is 4.28. The highest BCUT2D eigenvalue weighted by Gasteiger charge is 2.01. The van der Waals surface area contributed by atoms with Crippen molar-refractivity contribution in [1.82, 2.24) is 0 Å². The number of allylic oxidation sites excluding steroid dienone is 9. The first-order chi connectivity index (χ1) is 9.70. The van der Waals surface area contributed by atoms with Crippen molar-refractivity contribution in [3.05, 3.63) is 83.7 Å². The first-order valence-corrected chi connectivity index (χ1v) is 6.93. The number of rotatable bonds is 7. The highest BCUT2D eigenvalue weighted by Crippen LogP contribution is 2.20. The van der Waals surface area contributed by atoms with Gasteiger partial charge in [-0.05, 0) is 63.0 Å². The first-order valence-electron chi connectivity index (χ1n) is 6.93. The Bertz CT molecular complexity index is 571. The molecule has 0 fully saturated rings. The van der Waals surface area contributed by atoms with E-state index in [0.29, 0.717) is 0 Å². The van der Waals surface area contributed by atoms with Gasteiger partial charge in [0.25, 0.3) is 0 Å². The fourth-order valence-corrected chi connectivity index (χ4v) is 1.61. The lowest BCUT2D eigenvalue weighted by atomic mass is 9.98. The van der Waals surface area contributed by atoms with E-state index in [-0.39, 0.29) is 0 Å². The van der Waals surface area contributed by atoms with Crippen LogP contribution >= 0.6 is 0 Å². The zero-order chi connectivity index (χ0) is 16.6. The topological polar surface area (TPSA) is 12.4 Å². The Kier molecular flexibility index (Phi) is 8.00. The third-order valence-electron chi connectivity index (χ3n) is 3.02. The highest BCUT2D eigenvalue weighted by molar-refractivity contribution is 5.83. The van der Waals surface area contributed by atoms with Crippen molar-refractivity contribution in [2.45, 2.75) is 34.6 Å². The predicted molar refractivity (Wildman–Crippen MR) is 97.7 cm³/mol. The van der Waals surface area contributed by atoms with Gasteiger partial charge in [0.05, 0.1) is 0 Å². The van der Waals surface area contributed by atoms with Gasteiger partial charge in [0.1, 0.15) is 0 Å². The van der Waals surface area contributed by atoms with Gasteiger partial charge < -0.3 is 0 Å². The molecular formula is C20H27N. The molecular weight excluding hydrogens is 254 g/mol. The molecule has 0 unspecified atom stereocenters. The quantitative estimate of drug-likeness (QED) is 0.394. The Morgan fingerprint density at radius 3 is 1.86 bits per heavy atom. The zero-order valence-electron chi connectivity index (χ0n) is 14.1. The van der Waals surface area contributed by atoms with Gasteiger partial charge in [-0.15, -0.1) is 0 Å². The highest BCUT2D eigenvalue weighted by atomic mass is 14.7. The largest absolute Gasteiger partial charge is 0.264 e. The fourth-order valence-electron chi connectivity index (χ4n) is 1.61. The number of hydrogen-bond acceptors (Lipinski definition) is 1. The van der Waals surface area contributed by atoms with Gasteiger partial charge in [-0.2, -0.15) is 0 Å². The average molecular weight is 281 g/mol. The van der Waals surface area contributed by atoms with E-state index in [4.69, 9.17) is 0 Å². The van der Waals surface area contributed by atoms with Gasteiger partial charge in [-0.1, -0.05) is 49.1 Å². The van der Waals surface area contributed by atoms with Crippen LogP contribution in [0.3, 0.4) is 0 Å². The van der Waals surface area contributed by atoms with Crippen LogP contribution in [-0.2, 0) is 0 Å². The molecule has 0 heterocycles. The SMILES string of the molecule is C=CC(=C\C(C(=C)C)=C(C)C)/C(C)=C/N=C\C(=C)C(=C)C. The van der Waals surface area contributed by atoms with Gasteiger partial charge in [0.15, 0.2) is 0 Å². The van der Waals surface area contributed by atoms with Crippen molar-refractivity contribution in [2.24, 2.45) is 4.99 Å². The van der Waals surface area contributed by atoms with Gasteiger partial charge in [-0.25, -0.2) is 0 Å². The molecule has 0 saturated carbocycles. The van der Waals surface area contributed by atoms with E-state index < -0.39 is 0 Å². The molecule has 0 N–H and O–H groups in total. The lowest BCUT2D eigenvalue weighted by Crippen LogP contribution is -1.89. The second kappa shape index (κ2) is 8.91. The molecule has 0 spiro atoms. The van der Waals surface area contributed by atoms with Crippen molar-refractivity contribution in [1.29, 1.82) is 0 Å². The summed E-state index contributed by atoms with van der Waals surface area (Å²) in [5.41, 5.74) is 7.24. The molecule has 21 heavy (non-hydrogen) atoms. The normalized spacial score (nSPS) is 12.2. The predicted octanol–water partition coefficient (Wildman–Crippen LogP) is 6.12. The molecule has 0 aromatic heterocycles. The lowest BCUT2D eigenvalue weighted by molar-refractivity contribution is 1.27. The molecule has 0 aromatic rings. The van der Waals surface area contributed by atoms with Crippen LogP contribution in [0.5, 0.6) is 0 Å². The third kappa shape index (κ3) is 6.71. The standard InChI is InChI=1S/C20H27N/c1-10-19(11-20(15(4)5)16(6)7)18(9)13-21-12-17(8)14(2)3/h10-13H,1-2,4,8H2,3,5-7,9H3/b18-13+,19-11+,21-12-. The van der Waals surface area contributed by atoms with E-state index >= 15 is 0 Å². The minimum Gasteiger partial charge on any atom is -0.264 e. The Hall–Kier alpha value is -2.15. The van der Waals surface area contributed by atoms with Gasteiger partial charge >= 0.3 is 0 Å². The van der Waals surface area contributed by atoms with E-state index in [1.807, 2.05) is 33.0 Å². The van der Waals surface area contributed by atoms with Crippen LogP contribution in [0.2, 0.25) is 0 Å². The number of aliphatic imine (C=N–C) groups is 1. The van der Waals surface area contributed by atoms with Crippen LogP contribution in [0.15, 0.2) is 88.7 Å². The monoisotopic (exact) mass is 281 g/mol. The van der Waals surface area contributed by atoms with Crippen molar-refractivity contribution in [2.75, 3.05) is 0 Å². The van der Waals surface area contributed by atoms with Crippen LogP contribution in [0.25, 0.3) is 0 Å². The van der Waals surface area contributed by atoms with Crippen LogP contribution in [0.1, 0.15) is 34.6 Å². The summed E-state index contributed by atoms with van der Waals surface area (Å²) in [6, 6.07) is 0. The second-order valence-electron chi connectivity index (χ2n) is 5.39. The van der Waals surface area contributed by atoms with E-state index in [2.05, 4.69) is 51.2 Å². The zero-order valence-corrected chi connectivity index (χ0v) is 14.1. The Balaban J connectivity index is 5.43. The summed E-state index contributed by atoms with van der Waals surface area (Å²) in [5.74, 6) is 0. The van der Waals surface area contributed by atoms with Crippen LogP contribution < -0.4 is 0 Å². The first kappa shape index (κ1) is 18.9. The number of nitrogens with zero attached hydrogens (tertiary/aromatic N) is 1. The molecule has 112 valence electrons. The van der Waals surface area contributed by atoms with Crippen molar-refractivity contribution in [3.63, 3.8) is 0 Å². The minimum absolute atomic E-state index is 0.829. The molecule has 0 aliphatic rings. The summed E-state index contributed by atoms with van der Waals surface area (Å²) < 4.78 is 0. The average Bonchev–Trinajstić information content (AvgIpc) is 2.38. The molecule has 0 amide bonds. The van der Waals surface area contributed by atoms with E-state index in [1.165, 1.54) is 5.57 Å². The summed E-state index contributed by atoms with van der Waals surface area (Å²) in [6.07, 6.45) is 7.45. The van der Waals surface area contributed by atoms with Crippen LogP contribution in [0.4, 0.5) is 0 Å². The van der Waals surface area contributed by atoms with Crippen LogP contribution in [-0.4, -0.2) is 6.21 Å². The summed E-state index contributed by atoms with van der Waals surface area (Å²) in [4.78, 5) is 4.28. The molecule has 1 heteroatoms. The Morgan fingerprint density at radius 1 is 0.905 bits per heavy atom. The van der Waals surface area contributed by atoms with Gasteiger partial charge in [-0.3, -0.25) is 4.99 Å². The van der Waals surface area contributed by atoms with Gasteiger partial charge in [0, 0.05) is 12.4 Å². The van der Waals surface area contributed by atoms with E-state index in [0.717, 1.165) is 33.4 Å². The van der Waals surface area contributed by atoms with Crippen molar-refractivity contribution >= 4 is 6.21 Å². The summed E-state index contributed by atoms with van der Waals surface area (Å²) in [6.45, 7) is 25.7. The molecule has 1 nitrogen and oxygen atoms in total. The maximum Gasteiger partial charge on any atom is 0.0336 e. The Morgan fingerprint density at radius 2 is 1.48 bits per heavy atom. The summed E-state index contributed by atoms with van der Waals surface area (Å²) >= 11 is 0. The van der Waals surface area contributed by atoms with Crippen LogP contribution in [0, 0.1) is 0 Å². The minimum atomic E-state index is 0.829. The molecule has 0 atom stereocenters. The summed E-state index contributed by atoms with van der Waals surface area (Å²) in [7, 11) is 0. The molecule has 0 bridgehead atoms. The van der Waals surface area contributed by atoms with E-state index in [1.54, 1.807) is 6.21 Å². The second-order valence-corrected chi connectivity index (χ2v) is 5.39. The maximum absolute atomic E-state index is 4.28. The third-order valence-corrected chi connectivity index (χ3v) is 3.02. The summed E-state index contributed by atoms with van der Waals surface area (Å²) in [5, 5.41) is 0. The lowest BCUT2D eigenvalue weighted by Gasteiger charge is -2.08. The fraction of sp³-hybridized carbons (Fsp3) is 0.250. The van der Waals surface area contributed by atoms with Gasteiger partial charge in [0.2, 0.25) is 0 Å². The van der Waals surface area contributed by atoms with E-state index in [9.17, 15) is 0 Å². The van der Waals surface area contributed by atoms with Crippen molar-refractivity contribution in [3.8, 4) is 0 Å². The smallest absolute Gasteiger partial charge is 0.0336 e. The Labute approximate surface area is 130 Å². The molecule has 0 aliphatic heterocycles. The number of hydrogen-bond donors (Lipinski definition) is 0.